The Morgan fingerprint density at radius 1 is 1.13 bits per heavy atom. The van der Waals surface area contributed by atoms with Crippen LogP contribution in [0.25, 0.3) is 6.08 Å². The molecule has 13 heteroatoms. The van der Waals surface area contributed by atoms with Crippen molar-refractivity contribution in [2.75, 3.05) is 16.8 Å². The Morgan fingerprint density at radius 3 is 2.49 bits per heavy atom. The molecular formula is C26H18BrClN4O7. The summed E-state index contributed by atoms with van der Waals surface area (Å²) >= 11 is 9.42. The second-order valence-corrected chi connectivity index (χ2v) is 9.48. The highest BCUT2D eigenvalue weighted by molar-refractivity contribution is 9.10. The topological polar surface area (TPSA) is 148 Å². The van der Waals surface area contributed by atoms with E-state index in [1.165, 1.54) is 24.3 Å². The molecular weight excluding hydrogens is 596 g/mol. The van der Waals surface area contributed by atoms with E-state index in [1.807, 2.05) is 6.92 Å². The van der Waals surface area contributed by atoms with Gasteiger partial charge in [-0.2, -0.15) is 0 Å². The lowest BCUT2D eigenvalue weighted by Crippen LogP contribution is -2.54. The average Bonchev–Trinajstić information content (AvgIpc) is 2.88. The van der Waals surface area contributed by atoms with Crippen molar-refractivity contribution in [3.05, 3.63) is 97.0 Å². The molecule has 0 bridgehead atoms. The fourth-order valence-electron chi connectivity index (χ4n) is 3.52. The first-order chi connectivity index (χ1) is 18.5. The van der Waals surface area contributed by atoms with Crippen molar-refractivity contribution in [2.24, 2.45) is 0 Å². The van der Waals surface area contributed by atoms with Gasteiger partial charge in [0.25, 0.3) is 23.4 Å². The van der Waals surface area contributed by atoms with E-state index in [-0.39, 0.29) is 23.6 Å². The maximum absolute atomic E-state index is 13.0. The van der Waals surface area contributed by atoms with Crippen LogP contribution in [0.4, 0.5) is 21.9 Å². The maximum Gasteiger partial charge on any atom is 0.335 e. The van der Waals surface area contributed by atoms with Gasteiger partial charge in [0.05, 0.1) is 15.1 Å². The van der Waals surface area contributed by atoms with Gasteiger partial charge in [-0.05, 0) is 76.5 Å². The van der Waals surface area contributed by atoms with Gasteiger partial charge in [-0.25, -0.2) is 9.69 Å². The Hall–Kier alpha value is -4.55. The van der Waals surface area contributed by atoms with Crippen LogP contribution in [0.1, 0.15) is 11.1 Å². The molecule has 1 fully saturated rings. The van der Waals surface area contributed by atoms with Crippen LogP contribution in [-0.2, 0) is 14.4 Å². The molecule has 0 saturated carbocycles. The molecule has 2 N–H and O–H groups in total. The highest BCUT2D eigenvalue weighted by atomic mass is 79.9. The van der Waals surface area contributed by atoms with Crippen LogP contribution in [0, 0.1) is 17.0 Å². The largest absolute Gasteiger partial charge is 0.483 e. The van der Waals surface area contributed by atoms with Crippen molar-refractivity contribution in [1.82, 2.24) is 5.32 Å². The first kappa shape index (κ1) is 27.5. The van der Waals surface area contributed by atoms with Crippen molar-refractivity contribution in [1.29, 1.82) is 0 Å². The Morgan fingerprint density at radius 2 is 1.85 bits per heavy atom. The van der Waals surface area contributed by atoms with Gasteiger partial charge in [-0.3, -0.25) is 29.8 Å². The Labute approximate surface area is 234 Å². The van der Waals surface area contributed by atoms with Gasteiger partial charge in [0.1, 0.15) is 11.3 Å². The van der Waals surface area contributed by atoms with Crippen LogP contribution in [0.5, 0.6) is 5.75 Å². The van der Waals surface area contributed by atoms with E-state index in [4.69, 9.17) is 16.3 Å². The summed E-state index contributed by atoms with van der Waals surface area (Å²) in [4.78, 5) is 61.1. The standard InChI is InChI=1S/C26H18BrClN4O7/c1-14-2-4-16(12-21(14)28)29-23(33)13-39-22-9-3-15(11-20(22)27)10-19-24(34)30-26(36)31(25(19)35)17-5-7-18(8-6-17)32(37)38/h2-12H,13H2,1H3,(H,29,33)(H,30,34,36)/b19-10-. The molecule has 1 aliphatic heterocycles. The summed E-state index contributed by atoms with van der Waals surface area (Å²) in [6.45, 7) is 1.55. The number of carbonyl (C=O) groups is 4. The van der Waals surface area contributed by atoms with Crippen LogP contribution in [-0.4, -0.2) is 35.3 Å². The molecule has 1 saturated heterocycles. The number of rotatable bonds is 7. The van der Waals surface area contributed by atoms with Crippen LogP contribution in [0.3, 0.4) is 0 Å². The van der Waals surface area contributed by atoms with Crippen LogP contribution in [0.15, 0.2) is 70.7 Å². The van der Waals surface area contributed by atoms with Gasteiger partial charge in [0, 0.05) is 22.8 Å². The Kier molecular flexibility index (Phi) is 8.07. The zero-order chi connectivity index (χ0) is 28.3. The van der Waals surface area contributed by atoms with Gasteiger partial charge in [0.15, 0.2) is 6.61 Å². The number of nitro benzene ring substituents is 1. The third-order valence-corrected chi connectivity index (χ3v) is 6.53. The molecule has 5 amide bonds. The molecule has 3 aromatic carbocycles. The molecule has 0 spiro atoms. The number of benzene rings is 3. The number of ether oxygens (including phenoxy) is 1. The molecule has 0 unspecified atom stereocenters. The van der Waals surface area contributed by atoms with Gasteiger partial charge in [0.2, 0.25) is 0 Å². The molecule has 0 aliphatic carbocycles. The Bertz CT molecular complexity index is 1560. The molecule has 0 atom stereocenters. The highest BCUT2D eigenvalue weighted by Gasteiger charge is 2.37. The molecule has 0 radical (unpaired) electrons. The van der Waals surface area contributed by atoms with E-state index in [9.17, 15) is 29.3 Å². The zero-order valence-corrected chi connectivity index (χ0v) is 22.4. The third-order valence-electron chi connectivity index (χ3n) is 5.50. The number of halogens is 2. The SMILES string of the molecule is Cc1ccc(NC(=O)COc2ccc(/C=C3/C(=O)NC(=O)N(c4ccc([N+](=O)[O-])cc4)C3=O)cc2Br)cc1Cl. The first-order valence-corrected chi connectivity index (χ1v) is 12.3. The van der Waals surface area contributed by atoms with Gasteiger partial charge < -0.3 is 10.1 Å². The molecule has 39 heavy (non-hydrogen) atoms. The van der Waals surface area contributed by atoms with Crippen molar-refractivity contribution in [3.63, 3.8) is 0 Å². The highest BCUT2D eigenvalue weighted by Crippen LogP contribution is 2.29. The molecule has 1 heterocycles. The van der Waals surface area contributed by atoms with E-state index in [0.717, 1.165) is 17.7 Å². The number of anilines is 2. The monoisotopic (exact) mass is 612 g/mol. The summed E-state index contributed by atoms with van der Waals surface area (Å²) in [6, 6.07) is 13.5. The lowest BCUT2D eigenvalue weighted by Gasteiger charge is -2.26. The first-order valence-electron chi connectivity index (χ1n) is 11.2. The van der Waals surface area contributed by atoms with E-state index < -0.39 is 28.7 Å². The van der Waals surface area contributed by atoms with Crippen molar-refractivity contribution in [3.8, 4) is 5.75 Å². The smallest absolute Gasteiger partial charge is 0.335 e. The predicted octanol–water partition coefficient (Wildman–Crippen LogP) is 5.00. The van der Waals surface area contributed by atoms with E-state index >= 15 is 0 Å². The minimum absolute atomic E-state index is 0.0533. The van der Waals surface area contributed by atoms with Crippen molar-refractivity contribution < 1.29 is 28.8 Å². The van der Waals surface area contributed by atoms with Gasteiger partial charge in [-0.1, -0.05) is 23.7 Å². The molecule has 4 rings (SSSR count). The second kappa shape index (κ2) is 11.5. The molecule has 198 valence electrons. The summed E-state index contributed by atoms with van der Waals surface area (Å²) in [5, 5.41) is 16.2. The number of carbonyl (C=O) groups excluding carboxylic acids is 4. The number of amides is 5. The Balaban J connectivity index is 1.47. The molecule has 1 aliphatic rings. The number of hydrogen-bond acceptors (Lipinski definition) is 7. The molecule has 3 aromatic rings. The summed E-state index contributed by atoms with van der Waals surface area (Å²) in [7, 11) is 0. The summed E-state index contributed by atoms with van der Waals surface area (Å²) in [6.07, 6.45) is 1.28. The minimum atomic E-state index is -0.980. The number of hydrogen-bond donors (Lipinski definition) is 2. The summed E-state index contributed by atoms with van der Waals surface area (Å²) < 4.78 is 6.01. The summed E-state index contributed by atoms with van der Waals surface area (Å²) in [5.41, 5.74) is 1.33. The number of non-ortho nitro benzene ring substituents is 1. The lowest BCUT2D eigenvalue weighted by molar-refractivity contribution is -0.384. The van der Waals surface area contributed by atoms with Crippen molar-refractivity contribution >= 4 is 74.4 Å². The van der Waals surface area contributed by atoms with E-state index in [0.29, 0.717) is 31.4 Å². The van der Waals surface area contributed by atoms with Gasteiger partial charge >= 0.3 is 6.03 Å². The third kappa shape index (κ3) is 6.30. The number of nitrogens with one attached hydrogen (secondary N) is 2. The number of urea groups is 1. The minimum Gasteiger partial charge on any atom is -0.483 e. The molecule has 0 aromatic heterocycles. The zero-order valence-electron chi connectivity index (χ0n) is 20.1. The predicted molar refractivity (Wildman–Crippen MR) is 147 cm³/mol. The second-order valence-electron chi connectivity index (χ2n) is 8.22. The van der Waals surface area contributed by atoms with E-state index in [2.05, 4.69) is 26.6 Å². The number of nitro groups is 1. The maximum atomic E-state index is 13.0. The number of barbiturate groups is 1. The fourth-order valence-corrected chi connectivity index (χ4v) is 4.21. The van der Waals surface area contributed by atoms with E-state index in [1.54, 1.807) is 30.3 Å². The van der Waals surface area contributed by atoms with Gasteiger partial charge in [-0.15, -0.1) is 0 Å². The number of nitrogens with zero attached hydrogens (tertiary/aromatic N) is 2. The lowest BCUT2D eigenvalue weighted by atomic mass is 10.1. The van der Waals surface area contributed by atoms with Crippen LogP contribution < -0.4 is 20.3 Å². The summed E-state index contributed by atoms with van der Waals surface area (Å²) in [5.74, 6) is -1.88. The van der Waals surface area contributed by atoms with Crippen LogP contribution >= 0.6 is 27.5 Å². The van der Waals surface area contributed by atoms with Crippen LogP contribution in [0.2, 0.25) is 5.02 Å². The fraction of sp³-hybridized carbons (Fsp3) is 0.0769. The number of imide groups is 2. The average molecular weight is 614 g/mol. The normalized spacial score (nSPS) is 14.3. The molecule has 11 nitrogen and oxygen atoms in total. The number of aryl methyl sites for hydroxylation is 1. The quantitative estimate of drug-likeness (QED) is 0.165. The van der Waals surface area contributed by atoms with Crippen molar-refractivity contribution in [2.45, 2.75) is 6.92 Å².